The summed E-state index contributed by atoms with van der Waals surface area (Å²) in [7, 11) is 0. The maximum atomic E-state index is 14.1. The summed E-state index contributed by atoms with van der Waals surface area (Å²) in [6.45, 7) is 0.573. The normalized spacial score (nSPS) is 11.6. The molecule has 2 aromatic heterocycles. The van der Waals surface area contributed by atoms with Gasteiger partial charge in [-0.1, -0.05) is 24.3 Å². The van der Waals surface area contributed by atoms with E-state index in [1.165, 1.54) is 19.1 Å². The fourth-order valence-corrected chi connectivity index (χ4v) is 3.55. The Hall–Kier alpha value is -4.35. The van der Waals surface area contributed by atoms with Crippen molar-refractivity contribution in [3.63, 3.8) is 0 Å². The number of alkyl halides is 3. The van der Waals surface area contributed by atoms with Crippen LogP contribution in [0.5, 0.6) is 0 Å². The summed E-state index contributed by atoms with van der Waals surface area (Å²) in [6.07, 6.45) is -4.99. The van der Waals surface area contributed by atoms with Crippen molar-refractivity contribution < 1.29 is 31.5 Å². The van der Waals surface area contributed by atoms with E-state index in [9.17, 15) is 31.5 Å². The number of nitrogens with one attached hydrogen (secondary N) is 1. The lowest BCUT2D eigenvalue weighted by molar-refractivity contribution is -0.140. The van der Waals surface area contributed by atoms with Gasteiger partial charge in [0.15, 0.2) is 5.69 Å². The van der Waals surface area contributed by atoms with Gasteiger partial charge in [-0.25, -0.2) is 13.8 Å². The van der Waals surface area contributed by atoms with Crippen molar-refractivity contribution >= 4 is 28.4 Å². The highest BCUT2D eigenvalue weighted by molar-refractivity contribution is 6.14. The lowest BCUT2D eigenvalue weighted by Gasteiger charge is -2.11. The number of nitrogens with two attached hydrogens (primary N) is 1. The maximum absolute atomic E-state index is 14.1. The third-order valence-electron chi connectivity index (χ3n) is 5.30. The first-order chi connectivity index (χ1) is 16.5. The van der Waals surface area contributed by atoms with Gasteiger partial charge in [-0.2, -0.15) is 18.3 Å². The first kappa shape index (κ1) is 23.8. The largest absolute Gasteiger partial charge is 0.437 e. The molecule has 4 aromatic rings. The van der Waals surface area contributed by atoms with Crippen molar-refractivity contribution in [3.05, 3.63) is 88.4 Å². The molecule has 0 saturated heterocycles. The third-order valence-corrected chi connectivity index (χ3v) is 5.30. The second-order valence-corrected chi connectivity index (χ2v) is 7.56. The average molecular weight is 489 g/mol. The van der Waals surface area contributed by atoms with Crippen LogP contribution in [0.2, 0.25) is 0 Å². The number of carbonyl (C=O) groups is 2. The number of hydrogen-bond donors (Lipinski definition) is 2. The van der Waals surface area contributed by atoms with E-state index in [1.807, 2.05) is 0 Å². The van der Waals surface area contributed by atoms with Crippen molar-refractivity contribution in [1.82, 2.24) is 14.8 Å². The Morgan fingerprint density at radius 1 is 1.06 bits per heavy atom. The molecule has 2 aromatic carbocycles. The first-order valence-corrected chi connectivity index (χ1v) is 10.1. The molecular weight excluding hydrogens is 473 g/mol. The number of pyridine rings is 1. The highest BCUT2D eigenvalue weighted by atomic mass is 19.4. The number of benzene rings is 2. The van der Waals surface area contributed by atoms with Gasteiger partial charge >= 0.3 is 6.18 Å². The molecule has 0 atom stereocenters. The van der Waals surface area contributed by atoms with E-state index >= 15 is 0 Å². The number of nitrogens with zero attached hydrogens (tertiary/aromatic N) is 3. The fourth-order valence-electron chi connectivity index (χ4n) is 3.55. The molecule has 0 radical (unpaired) electrons. The molecule has 3 N–H and O–H groups in total. The molecule has 7 nitrogen and oxygen atoms in total. The monoisotopic (exact) mass is 489 g/mol. The zero-order valence-corrected chi connectivity index (χ0v) is 18.0. The molecule has 35 heavy (non-hydrogen) atoms. The van der Waals surface area contributed by atoms with Gasteiger partial charge < -0.3 is 11.1 Å². The van der Waals surface area contributed by atoms with Crippen LogP contribution >= 0.6 is 0 Å². The van der Waals surface area contributed by atoms with E-state index < -0.39 is 53.1 Å². The summed E-state index contributed by atoms with van der Waals surface area (Å²) in [4.78, 5) is 28.8. The highest BCUT2D eigenvalue weighted by Crippen LogP contribution is 2.36. The Morgan fingerprint density at radius 2 is 1.71 bits per heavy atom. The zero-order valence-electron chi connectivity index (χ0n) is 18.0. The van der Waals surface area contributed by atoms with Gasteiger partial charge in [-0.05, 0) is 31.2 Å². The van der Waals surface area contributed by atoms with Gasteiger partial charge in [0.1, 0.15) is 17.3 Å². The molecule has 2 amide bonds. The van der Waals surface area contributed by atoms with Gasteiger partial charge in [0.25, 0.3) is 11.8 Å². The molecule has 0 bridgehead atoms. The minimum absolute atomic E-state index is 0.148. The van der Waals surface area contributed by atoms with E-state index in [2.05, 4.69) is 15.4 Å². The Morgan fingerprint density at radius 3 is 2.34 bits per heavy atom. The number of hydrogen-bond acceptors (Lipinski definition) is 4. The number of para-hydroxylation sites is 1. The number of fused-ring (bicyclic) bond motifs is 1. The summed E-state index contributed by atoms with van der Waals surface area (Å²) < 4.78 is 70.2. The Labute approximate surface area is 194 Å². The molecule has 0 aliphatic carbocycles. The SMILES string of the molecule is Cc1c(NC(=O)c2cc(C(N)=O)nc3ccccc23)c(C(F)(F)F)nn1Cc1c(F)cccc1F. The van der Waals surface area contributed by atoms with Crippen LogP contribution in [0, 0.1) is 18.6 Å². The van der Waals surface area contributed by atoms with Crippen LogP contribution < -0.4 is 11.1 Å². The first-order valence-electron chi connectivity index (χ1n) is 10.1. The number of rotatable bonds is 5. The van der Waals surface area contributed by atoms with E-state index in [0.717, 1.165) is 28.9 Å². The standard InChI is InChI=1S/C23H16F5N5O2/c1-11-19(20(23(26,27)28)32-33(11)10-14-15(24)6-4-7-16(14)25)31-22(35)13-9-18(21(29)34)30-17-8-3-2-5-12(13)17/h2-9H,10H2,1H3,(H2,29,34)(H,31,35). The average Bonchev–Trinajstić information content (AvgIpc) is 3.11. The lowest BCUT2D eigenvalue weighted by Crippen LogP contribution is -2.19. The van der Waals surface area contributed by atoms with E-state index in [0.29, 0.717) is 0 Å². The summed E-state index contributed by atoms with van der Waals surface area (Å²) in [5.41, 5.74) is 2.27. The van der Waals surface area contributed by atoms with Crippen molar-refractivity contribution in [2.75, 3.05) is 5.32 Å². The number of halogens is 5. The van der Waals surface area contributed by atoms with Crippen LogP contribution in [-0.4, -0.2) is 26.6 Å². The highest BCUT2D eigenvalue weighted by Gasteiger charge is 2.39. The molecule has 12 heteroatoms. The van der Waals surface area contributed by atoms with E-state index in [4.69, 9.17) is 5.73 Å². The topological polar surface area (TPSA) is 103 Å². The predicted octanol–water partition coefficient (Wildman–Crippen LogP) is 4.44. The van der Waals surface area contributed by atoms with E-state index in [-0.39, 0.29) is 27.9 Å². The van der Waals surface area contributed by atoms with Gasteiger partial charge in [0.05, 0.1) is 29.0 Å². The summed E-state index contributed by atoms with van der Waals surface area (Å²) in [5, 5.41) is 5.92. The maximum Gasteiger partial charge on any atom is 0.437 e. The fraction of sp³-hybridized carbons (Fsp3) is 0.130. The zero-order chi connectivity index (χ0) is 25.5. The summed E-state index contributed by atoms with van der Waals surface area (Å²) in [5.74, 6) is -3.84. The molecule has 0 saturated carbocycles. The van der Waals surface area contributed by atoms with Crippen LogP contribution in [0.3, 0.4) is 0 Å². The number of carbonyl (C=O) groups excluding carboxylic acids is 2. The lowest BCUT2D eigenvalue weighted by atomic mass is 10.1. The molecule has 0 spiro atoms. The van der Waals surface area contributed by atoms with Gasteiger partial charge in [-0.3, -0.25) is 14.3 Å². The molecular formula is C23H16F5N5O2. The minimum Gasteiger partial charge on any atom is -0.364 e. The van der Waals surface area contributed by atoms with Gasteiger partial charge in [-0.15, -0.1) is 0 Å². The smallest absolute Gasteiger partial charge is 0.364 e. The van der Waals surface area contributed by atoms with Crippen LogP contribution in [-0.2, 0) is 12.7 Å². The molecule has 4 rings (SSSR count). The number of anilines is 1. The van der Waals surface area contributed by atoms with Gasteiger partial charge in [0.2, 0.25) is 0 Å². The number of primary amides is 1. The van der Waals surface area contributed by atoms with E-state index in [1.54, 1.807) is 12.1 Å². The Bertz CT molecular complexity index is 1460. The number of aromatic nitrogens is 3. The van der Waals surface area contributed by atoms with Crippen LogP contribution in [0.15, 0.2) is 48.5 Å². The number of amides is 2. The molecule has 0 aliphatic rings. The van der Waals surface area contributed by atoms with Crippen molar-refractivity contribution in [2.45, 2.75) is 19.6 Å². The Kier molecular flexibility index (Phi) is 5.97. The second-order valence-electron chi connectivity index (χ2n) is 7.56. The van der Waals surface area contributed by atoms with Crippen LogP contribution in [0.25, 0.3) is 10.9 Å². The molecule has 0 fully saturated rings. The van der Waals surface area contributed by atoms with Crippen molar-refractivity contribution in [3.8, 4) is 0 Å². The van der Waals surface area contributed by atoms with Gasteiger partial charge in [0, 0.05) is 10.9 Å². The molecule has 2 heterocycles. The van der Waals surface area contributed by atoms with Crippen LogP contribution in [0.4, 0.5) is 27.6 Å². The molecule has 0 unspecified atom stereocenters. The van der Waals surface area contributed by atoms with Crippen molar-refractivity contribution in [1.29, 1.82) is 0 Å². The quantitative estimate of drug-likeness (QED) is 0.405. The molecule has 180 valence electrons. The molecule has 0 aliphatic heterocycles. The third kappa shape index (κ3) is 4.54. The minimum atomic E-state index is -4.99. The Balaban J connectivity index is 1.80. The summed E-state index contributed by atoms with van der Waals surface area (Å²) in [6, 6.07) is 10.3. The predicted molar refractivity (Wildman–Crippen MR) is 116 cm³/mol. The summed E-state index contributed by atoms with van der Waals surface area (Å²) >= 11 is 0. The van der Waals surface area contributed by atoms with Crippen molar-refractivity contribution in [2.24, 2.45) is 5.73 Å². The van der Waals surface area contributed by atoms with Crippen LogP contribution in [0.1, 0.15) is 37.8 Å². The second kappa shape index (κ2) is 8.78.